The highest BCUT2D eigenvalue weighted by Crippen LogP contribution is 2.28. The Morgan fingerprint density at radius 1 is 1.00 bits per heavy atom. The number of esters is 1. The molecule has 158 valence electrons. The summed E-state index contributed by atoms with van der Waals surface area (Å²) in [5, 5.41) is 14.7. The molecule has 2 rings (SSSR count). The molecule has 2 aromatic rings. The van der Waals surface area contributed by atoms with Crippen LogP contribution in [0.5, 0.6) is 17.2 Å². The third kappa shape index (κ3) is 6.55. The van der Waals surface area contributed by atoms with Crippen LogP contribution in [0.1, 0.15) is 12.5 Å². The SMILES string of the molecule is COc1cc(/C=C/C(=O)OCC(=O)Nc2cc(NC(C)=O)ccc2OC)ccc1O. The van der Waals surface area contributed by atoms with E-state index in [9.17, 15) is 19.5 Å². The zero-order chi connectivity index (χ0) is 22.1. The fourth-order valence-corrected chi connectivity index (χ4v) is 2.42. The fraction of sp³-hybridized carbons (Fsp3) is 0.190. The highest BCUT2D eigenvalue weighted by molar-refractivity contribution is 5.97. The van der Waals surface area contributed by atoms with Crippen LogP contribution < -0.4 is 20.1 Å². The smallest absolute Gasteiger partial charge is 0.331 e. The summed E-state index contributed by atoms with van der Waals surface area (Å²) in [7, 11) is 2.85. The molecule has 0 aliphatic heterocycles. The van der Waals surface area contributed by atoms with Crippen LogP contribution in [0, 0.1) is 0 Å². The van der Waals surface area contributed by atoms with E-state index in [4.69, 9.17) is 14.2 Å². The highest BCUT2D eigenvalue weighted by atomic mass is 16.5. The molecule has 2 aromatic carbocycles. The summed E-state index contributed by atoms with van der Waals surface area (Å²) in [4.78, 5) is 35.1. The number of ether oxygens (including phenoxy) is 3. The maximum Gasteiger partial charge on any atom is 0.331 e. The molecule has 0 unspecified atom stereocenters. The molecular formula is C21H22N2O7. The van der Waals surface area contributed by atoms with Crippen LogP contribution >= 0.6 is 0 Å². The summed E-state index contributed by atoms with van der Waals surface area (Å²) in [6.07, 6.45) is 2.61. The van der Waals surface area contributed by atoms with Crippen LogP contribution in [0.15, 0.2) is 42.5 Å². The van der Waals surface area contributed by atoms with Crippen molar-refractivity contribution in [3.05, 3.63) is 48.0 Å². The Balaban J connectivity index is 1.94. The van der Waals surface area contributed by atoms with Gasteiger partial charge in [0.25, 0.3) is 5.91 Å². The molecule has 9 nitrogen and oxygen atoms in total. The number of rotatable bonds is 8. The number of phenols is 1. The lowest BCUT2D eigenvalue weighted by molar-refractivity contribution is -0.142. The average molecular weight is 414 g/mol. The Kier molecular flexibility index (Phi) is 7.81. The van der Waals surface area contributed by atoms with Gasteiger partial charge < -0.3 is 30.0 Å². The van der Waals surface area contributed by atoms with Crippen molar-refractivity contribution in [3.8, 4) is 17.2 Å². The highest BCUT2D eigenvalue weighted by Gasteiger charge is 2.11. The number of benzene rings is 2. The number of hydrogen-bond acceptors (Lipinski definition) is 7. The standard InChI is InChI=1S/C21H22N2O7/c1-13(24)22-15-6-8-18(28-2)16(11-15)23-20(26)12-30-21(27)9-5-14-4-7-17(25)19(10-14)29-3/h4-11,25H,12H2,1-3H3,(H,22,24)(H,23,26)/b9-5+. The molecule has 30 heavy (non-hydrogen) atoms. The first-order valence-electron chi connectivity index (χ1n) is 8.79. The second-order valence-corrected chi connectivity index (χ2v) is 6.02. The van der Waals surface area contributed by atoms with E-state index < -0.39 is 18.5 Å². The van der Waals surface area contributed by atoms with E-state index >= 15 is 0 Å². The molecule has 0 aliphatic rings. The van der Waals surface area contributed by atoms with Crippen LogP contribution in [-0.4, -0.2) is 43.7 Å². The molecule has 9 heteroatoms. The number of anilines is 2. The van der Waals surface area contributed by atoms with Gasteiger partial charge in [-0.15, -0.1) is 0 Å². The number of aromatic hydroxyl groups is 1. The predicted molar refractivity (Wildman–Crippen MR) is 111 cm³/mol. The molecule has 2 amide bonds. The van der Waals surface area contributed by atoms with E-state index in [0.29, 0.717) is 22.7 Å². The molecule has 0 bridgehead atoms. The zero-order valence-corrected chi connectivity index (χ0v) is 16.7. The van der Waals surface area contributed by atoms with Gasteiger partial charge >= 0.3 is 5.97 Å². The number of amides is 2. The van der Waals surface area contributed by atoms with Crippen LogP contribution in [0.25, 0.3) is 6.08 Å². The molecule has 0 radical (unpaired) electrons. The van der Waals surface area contributed by atoms with Gasteiger partial charge in [-0.3, -0.25) is 9.59 Å². The summed E-state index contributed by atoms with van der Waals surface area (Å²) >= 11 is 0. The van der Waals surface area contributed by atoms with E-state index in [1.165, 1.54) is 39.4 Å². The maximum absolute atomic E-state index is 12.1. The number of nitrogens with one attached hydrogen (secondary N) is 2. The summed E-state index contributed by atoms with van der Waals surface area (Å²) in [6, 6.07) is 9.29. The quantitative estimate of drug-likeness (QED) is 0.448. The van der Waals surface area contributed by atoms with Crippen LogP contribution in [0.4, 0.5) is 11.4 Å². The minimum atomic E-state index is -0.726. The largest absolute Gasteiger partial charge is 0.504 e. The van der Waals surface area contributed by atoms with E-state index in [2.05, 4.69) is 10.6 Å². The lowest BCUT2D eigenvalue weighted by atomic mass is 10.2. The summed E-state index contributed by atoms with van der Waals surface area (Å²) < 4.78 is 15.1. The Labute approximate surface area is 173 Å². The molecule has 0 saturated carbocycles. The fourth-order valence-electron chi connectivity index (χ4n) is 2.42. The lowest BCUT2D eigenvalue weighted by Crippen LogP contribution is -2.20. The van der Waals surface area contributed by atoms with Gasteiger partial charge in [-0.1, -0.05) is 6.07 Å². The molecule has 0 spiro atoms. The van der Waals surface area contributed by atoms with Gasteiger partial charge in [0.15, 0.2) is 18.1 Å². The summed E-state index contributed by atoms with van der Waals surface area (Å²) in [5.74, 6) is -0.945. The number of methoxy groups -OCH3 is 2. The predicted octanol–water partition coefficient (Wildman–Crippen LogP) is 2.56. The molecule has 0 saturated heterocycles. The molecule has 0 atom stereocenters. The van der Waals surface area contributed by atoms with E-state index in [1.807, 2.05) is 0 Å². The Hall–Kier alpha value is -4.01. The summed E-state index contributed by atoms with van der Waals surface area (Å²) in [6.45, 7) is 0.847. The first-order chi connectivity index (χ1) is 14.3. The van der Waals surface area contributed by atoms with Crippen LogP contribution in [0.2, 0.25) is 0 Å². The summed E-state index contributed by atoms with van der Waals surface area (Å²) in [5.41, 5.74) is 1.39. The van der Waals surface area contributed by atoms with Crippen molar-refractivity contribution in [2.45, 2.75) is 6.92 Å². The first kappa shape index (κ1) is 22.3. The number of carbonyl (C=O) groups is 3. The maximum atomic E-state index is 12.1. The van der Waals surface area contributed by atoms with Gasteiger partial charge in [0, 0.05) is 18.7 Å². The second-order valence-electron chi connectivity index (χ2n) is 6.02. The van der Waals surface area contributed by atoms with Gasteiger partial charge in [0.1, 0.15) is 5.75 Å². The van der Waals surface area contributed by atoms with Crippen molar-refractivity contribution in [2.24, 2.45) is 0 Å². The molecule has 0 fully saturated rings. The zero-order valence-electron chi connectivity index (χ0n) is 16.7. The molecule has 0 aliphatic carbocycles. The van der Waals surface area contributed by atoms with Crippen molar-refractivity contribution >= 4 is 35.2 Å². The van der Waals surface area contributed by atoms with Crippen molar-refractivity contribution in [2.75, 3.05) is 31.5 Å². The number of hydrogen-bond donors (Lipinski definition) is 3. The third-order valence-corrected chi connectivity index (χ3v) is 3.76. The van der Waals surface area contributed by atoms with Gasteiger partial charge in [-0.2, -0.15) is 0 Å². The normalized spacial score (nSPS) is 10.4. The van der Waals surface area contributed by atoms with Crippen LogP contribution in [-0.2, 0) is 19.1 Å². The number of phenolic OH excluding ortho intramolecular Hbond substituents is 1. The van der Waals surface area contributed by atoms with Crippen molar-refractivity contribution < 1.29 is 33.7 Å². The van der Waals surface area contributed by atoms with Crippen LogP contribution in [0.3, 0.4) is 0 Å². The average Bonchev–Trinajstić information content (AvgIpc) is 2.71. The Morgan fingerprint density at radius 2 is 1.73 bits per heavy atom. The molecule has 3 N–H and O–H groups in total. The van der Waals surface area contributed by atoms with E-state index in [-0.39, 0.29) is 17.4 Å². The van der Waals surface area contributed by atoms with Gasteiger partial charge in [0.05, 0.1) is 19.9 Å². The third-order valence-electron chi connectivity index (χ3n) is 3.76. The van der Waals surface area contributed by atoms with Gasteiger partial charge in [-0.25, -0.2) is 4.79 Å². The Bertz CT molecular complexity index is 970. The molecule has 0 heterocycles. The van der Waals surface area contributed by atoms with Crippen molar-refractivity contribution in [1.29, 1.82) is 0 Å². The first-order valence-corrected chi connectivity index (χ1v) is 8.79. The second kappa shape index (κ2) is 10.5. The molecule has 0 aromatic heterocycles. The topological polar surface area (TPSA) is 123 Å². The van der Waals surface area contributed by atoms with Gasteiger partial charge in [-0.05, 0) is 42.0 Å². The van der Waals surface area contributed by atoms with E-state index in [0.717, 1.165) is 6.08 Å². The Morgan fingerprint density at radius 3 is 2.40 bits per heavy atom. The minimum Gasteiger partial charge on any atom is -0.504 e. The minimum absolute atomic E-state index is 0.0214. The number of carbonyl (C=O) groups excluding carboxylic acids is 3. The van der Waals surface area contributed by atoms with Gasteiger partial charge in [0.2, 0.25) is 5.91 Å². The lowest BCUT2D eigenvalue weighted by Gasteiger charge is -2.12. The molecular weight excluding hydrogens is 392 g/mol. The van der Waals surface area contributed by atoms with Crippen molar-refractivity contribution in [3.63, 3.8) is 0 Å². The van der Waals surface area contributed by atoms with Crippen molar-refractivity contribution in [1.82, 2.24) is 0 Å². The van der Waals surface area contributed by atoms with E-state index in [1.54, 1.807) is 24.3 Å². The monoisotopic (exact) mass is 414 g/mol.